The average molecular weight is 391 g/mol. The number of nitrogens with one attached hydrogen (secondary N) is 1. The number of halogens is 2. The molecule has 0 aromatic heterocycles. The molecular formula is C13H13Br2NO3. The van der Waals surface area contributed by atoms with Crippen molar-refractivity contribution in [2.24, 2.45) is 0 Å². The summed E-state index contributed by atoms with van der Waals surface area (Å²) in [5, 5.41) is 8.32. The third-order valence-corrected chi connectivity index (χ3v) is 3.26. The number of hydrogen-bond donors (Lipinski definition) is 2. The summed E-state index contributed by atoms with van der Waals surface area (Å²) in [5.74, 6) is 0.175. The summed E-state index contributed by atoms with van der Waals surface area (Å²) in [6.45, 7) is 2.22. The van der Waals surface area contributed by atoms with Gasteiger partial charge in [0.1, 0.15) is 12.4 Å². The Labute approximate surface area is 128 Å². The molecule has 4 nitrogen and oxygen atoms in total. The van der Waals surface area contributed by atoms with Crippen molar-refractivity contribution in [3.05, 3.63) is 50.9 Å². The maximum absolute atomic E-state index is 10.8. The number of hydrogen-bond acceptors (Lipinski definition) is 3. The highest BCUT2D eigenvalue weighted by atomic mass is 79.9. The van der Waals surface area contributed by atoms with E-state index in [1.54, 1.807) is 6.08 Å². The third-order valence-electron chi connectivity index (χ3n) is 2.15. The lowest BCUT2D eigenvalue weighted by Crippen LogP contribution is -2.14. The van der Waals surface area contributed by atoms with E-state index in [-0.39, 0.29) is 0 Å². The topological polar surface area (TPSA) is 58.6 Å². The maximum Gasteiger partial charge on any atom is 0.267 e. The van der Waals surface area contributed by atoms with Crippen LogP contribution in [0.4, 0.5) is 0 Å². The average Bonchev–Trinajstić information content (AvgIpc) is 2.38. The van der Waals surface area contributed by atoms with Gasteiger partial charge < -0.3 is 4.74 Å². The number of rotatable bonds is 5. The standard InChI is InChI=1S/C13H13Br2NO3/c1-9(2-5-13(17)16-18)6-7-19-12-4-3-10(14)8-11(12)15/h2-6,8,18H,7H2,1H3,(H,16,17)/b5-2+,9-6+. The van der Waals surface area contributed by atoms with Crippen LogP contribution in [0.3, 0.4) is 0 Å². The first-order valence-corrected chi connectivity index (χ1v) is 6.98. The summed E-state index contributed by atoms with van der Waals surface area (Å²) >= 11 is 6.77. The Balaban J connectivity index is 2.53. The minimum atomic E-state index is -0.565. The first-order valence-electron chi connectivity index (χ1n) is 5.39. The molecule has 0 radical (unpaired) electrons. The smallest absolute Gasteiger partial charge is 0.267 e. The van der Waals surface area contributed by atoms with Gasteiger partial charge in [0, 0.05) is 10.5 Å². The number of benzene rings is 1. The molecule has 2 N–H and O–H groups in total. The number of ether oxygens (including phenoxy) is 1. The summed E-state index contributed by atoms with van der Waals surface area (Å²) < 4.78 is 7.40. The SMILES string of the molecule is CC(/C=C/C(=O)NO)=C\COc1ccc(Br)cc1Br. The van der Waals surface area contributed by atoms with Gasteiger partial charge >= 0.3 is 0 Å². The molecule has 102 valence electrons. The van der Waals surface area contributed by atoms with Crippen LogP contribution in [0.15, 0.2) is 50.9 Å². The van der Waals surface area contributed by atoms with Gasteiger partial charge in [-0.15, -0.1) is 0 Å². The first kappa shape index (κ1) is 15.9. The quantitative estimate of drug-likeness (QED) is 0.349. The number of carbonyl (C=O) groups is 1. The van der Waals surface area contributed by atoms with Crippen LogP contribution in [0.1, 0.15) is 6.92 Å². The molecule has 0 bridgehead atoms. The highest BCUT2D eigenvalue weighted by Gasteiger charge is 2.00. The van der Waals surface area contributed by atoms with Gasteiger partial charge in [-0.05, 0) is 47.1 Å². The minimum Gasteiger partial charge on any atom is -0.488 e. The molecule has 0 saturated heterocycles. The first-order chi connectivity index (χ1) is 9.02. The Morgan fingerprint density at radius 3 is 2.79 bits per heavy atom. The van der Waals surface area contributed by atoms with Gasteiger partial charge in [-0.1, -0.05) is 27.6 Å². The number of carbonyl (C=O) groups excluding carboxylic acids is 1. The Bertz CT molecular complexity index is 513. The lowest BCUT2D eigenvalue weighted by molar-refractivity contribution is -0.124. The highest BCUT2D eigenvalue weighted by molar-refractivity contribution is 9.11. The van der Waals surface area contributed by atoms with Crippen molar-refractivity contribution in [1.29, 1.82) is 0 Å². The minimum absolute atomic E-state index is 0.386. The molecule has 6 heteroatoms. The molecule has 0 aliphatic rings. The molecular weight excluding hydrogens is 378 g/mol. The van der Waals surface area contributed by atoms with Gasteiger partial charge in [-0.2, -0.15) is 0 Å². The molecule has 0 atom stereocenters. The van der Waals surface area contributed by atoms with Crippen molar-refractivity contribution >= 4 is 37.8 Å². The Kier molecular flexibility index (Phi) is 6.83. The fraction of sp³-hybridized carbons (Fsp3) is 0.154. The summed E-state index contributed by atoms with van der Waals surface area (Å²) in [4.78, 5) is 10.8. The molecule has 0 unspecified atom stereocenters. The van der Waals surface area contributed by atoms with E-state index in [0.717, 1.165) is 20.3 Å². The third kappa shape index (κ3) is 6.04. The van der Waals surface area contributed by atoms with Crippen LogP contribution in [0.25, 0.3) is 0 Å². The predicted octanol–water partition coefficient (Wildman–Crippen LogP) is 3.60. The van der Waals surface area contributed by atoms with Gasteiger partial charge in [0.05, 0.1) is 4.47 Å². The van der Waals surface area contributed by atoms with Crippen LogP contribution in [0, 0.1) is 0 Å². The maximum atomic E-state index is 10.8. The lowest BCUT2D eigenvalue weighted by atomic mass is 10.2. The van der Waals surface area contributed by atoms with Crippen molar-refractivity contribution in [2.75, 3.05) is 6.61 Å². The van der Waals surface area contributed by atoms with Crippen molar-refractivity contribution in [2.45, 2.75) is 6.92 Å². The second-order valence-corrected chi connectivity index (χ2v) is 5.41. The highest BCUT2D eigenvalue weighted by Crippen LogP contribution is 2.28. The molecule has 0 spiro atoms. The molecule has 0 heterocycles. The van der Waals surface area contributed by atoms with E-state index in [4.69, 9.17) is 9.94 Å². The van der Waals surface area contributed by atoms with Crippen LogP contribution in [-0.2, 0) is 4.79 Å². The van der Waals surface area contributed by atoms with Gasteiger partial charge in [0.2, 0.25) is 0 Å². The molecule has 0 saturated carbocycles. The van der Waals surface area contributed by atoms with Crippen LogP contribution in [0.2, 0.25) is 0 Å². The van der Waals surface area contributed by atoms with E-state index < -0.39 is 5.91 Å². The number of hydroxylamine groups is 1. The number of amides is 1. The second kappa shape index (κ2) is 8.14. The fourth-order valence-corrected chi connectivity index (χ4v) is 2.33. The molecule has 0 aliphatic heterocycles. The normalized spacial score (nSPS) is 11.7. The van der Waals surface area contributed by atoms with Crippen LogP contribution >= 0.6 is 31.9 Å². The van der Waals surface area contributed by atoms with E-state index >= 15 is 0 Å². The lowest BCUT2D eigenvalue weighted by Gasteiger charge is -2.06. The molecule has 1 aromatic rings. The van der Waals surface area contributed by atoms with Gasteiger partial charge in [0.15, 0.2) is 0 Å². The van der Waals surface area contributed by atoms with Crippen LogP contribution in [-0.4, -0.2) is 17.7 Å². The van der Waals surface area contributed by atoms with Gasteiger partial charge in [-0.25, -0.2) is 5.48 Å². The molecule has 1 rings (SSSR count). The van der Waals surface area contributed by atoms with E-state index in [1.807, 2.05) is 31.2 Å². The van der Waals surface area contributed by atoms with Gasteiger partial charge in [-0.3, -0.25) is 10.0 Å². The van der Waals surface area contributed by atoms with E-state index in [2.05, 4.69) is 31.9 Å². The van der Waals surface area contributed by atoms with Crippen molar-refractivity contribution in [1.82, 2.24) is 5.48 Å². The largest absolute Gasteiger partial charge is 0.488 e. The Morgan fingerprint density at radius 1 is 1.42 bits per heavy atom. The summed E-state index contributed by atoms with van der Waals surface area (Å²) in [6.07, 6.45) is 4.66. The zero-order chi connectivity index (χ0) is 14.3. The Hall–Kier alpha value is -1.11. The van der Waals surface area contributed by atoms with E-state index in [0.29, 0.717) is 6.61 Å². The zero-order valence-corrected chi connectivity index (χ0v) is 13.4. The molecule has 1 aromatic carbocycles. The summed E-state index contributed by atoms with van der Waals surface area (Å²) in [7, 11) is 0. The van der Waals surface area contributed by atoms with Crippen molar-refractivity contribution in [3.8, 4) is 5.75 Å². The van der Waals surface area contributed by atoms with Crippen molar-refractivity contribution in [3.63, 3.8) is 0 Å². The monoisotopic (exact) mass is 389 g/mol. The van der Waals surface area contributed by atoms with E-state index in [1.165, 1.54) is 11.6 Å². The molecule has 0 fully saturated rings. The van der Waals surface area contributed by atoms with Crippen LogP contribution in [0.5, 0.6) is 5.75 Å². The van der Waals surface area contributed by atoms with Crippen molar-refractivity contribution < 1.29 is 14.7 Å². The number of allylic oxidation sites excluding steroid dienone is 2. The fourth-order valence-electron chi connectivity index (χ4n) is 1.17. The summed E-state index contributed by atoms with van der Waals surface area (Å²) in [6, 6.07) is 5.64. The molecule has 0 aliphatic carbocycles. The molecule has 1 amide bonds. The van der Waals surface area contributed by atoms with E-state index in [9.17, 15) is 4.79 Å². The second-order valence-electron chi connectivity index (χ2n) is 3.64. The predicted molar refractivity (Wildman–Crippen MR) is 80.2 cm³/mol. The summed E-state index contributed by atoms with van der Waals surface area (Å²) in [5.41, 5.74) is 2.38. The Morgan fingerprint density at radius 2 is 2.16 bits per heavy atom. The zero-order valence-electron chi connectivity index (χ0n) is 10.2. The molecule has 19 heavy (non-hydrogen) atoms. The van der Waals surface area contributed by atoms with Gasteiger partial charge in [0.25, 0.3) is 5.91 Å². The van der Waals surface area contributed by atoms with Crippen LogP contribution < -0.4 is 10.2 Å².